The number of allylic oxidation sites excluding steroid dienone is 1. The Morgan fingerprint density at radius 2 is 2.06 bits per heavy atom. The first kappa shape index (κ1) is 25.1. The minimum Gasteiger partial charge on any atom is -0.329 e. The Morgan fingerprint density at radius 1 is 1.28 bits per heavy atom. The molecule has 0 N–H and O–H groups in total. The van der Waals surface area contributed by atoms with Gasteiger partial charge < -0.3 is 4.90 Å². The molecule has 1 saturated heterocycles. The molecule has 0 radical (unpaired) electrons. The van der Waals surface area contributed by atoms with Crippen LogP contribution in [0.4, 0.5) is 0 Å². The Balaban J connectivity index is 2.20. The maximum Gasteiger partial charge on any atom is 0.229 e. The van der Waals surface area contributed by atoms with Crippen LogP contribution in [0.5, 0.6) is 0 Å². The molecule has 1 aromatic carbocycles. The van der Waals surface area contributed by atoms with Crippen molar-refractivity contribution in [2.45, 2.75) is 58.0 Å². The van der Waals surface area contributed by atoms with Gasteiger partial charge in [-0.1, -0.05) is 62.2 Å². The molecule has 32 heavy (non-hydrogen) atoms. The molecule has 3 rings (SSSR count). The summed E-state index contributed by atoms with van der Waals surface area (Å²) in [6, 6.07) is 11.8. The van der Waals surface area contributed by atoms with E-state index in [1.807, 2.05) is 48.2 Å². The van der Waals surface area contributed by atoms with Gasteiger partial charge in [-0.15, -0.1) is 6.58 Å². The highest BCUT2D eigenvalue weighted by molar-refractivity contribution is 7.99. The zero-order valence-electron chi connectivity index (χ0n) is 19.1. The van der Waals surface area contributed by atoms with E-state index in [9.17, 15) is 4.79 Å². The Bertz CT molecular complexity index is 936. The van der Waals surface area contributed by atoms with E-state index in [4.69, 9.17) is 23.2 Å². The molecule has 6 heteroatoms. The number of rotatable bonds is 9. The second kappa shape index (κ2) is 11.1. The average Bonchev–Trinajstić information content (AvgIpc) is 2.77. The monoisotopic (exact) mass is 490 g/mol. The number of amides is 1. The molecule has 1 fully saturated rings. The number of aromatic nitrogens is 1. The van der Waals surface area contributed by atoms with E-state index in [-0.39, 0.29) is 23.9 Å². The third kappa shape index (κ3) is 5.35. The van der Waals surface area contributed by atoms with Crippen molar-refractivity contribution in [3.05, 3.63) is 76.6 Å². The van der Waals surface area contributed by atoms with Crippen molar-refractivity contribution in [2.24, 2.45) is 5.41 Å². The van der Waals surface area contributed by atoms with Crippen LogP contribution in [-0.4, -0.2) is 33.3 Å². The molecule has 3 nitrogen and oxygen atoms in total. The van der Waals surface area contributed by atoms with Crippen molar-refractivity contribution in [3.63, 3.8) is 0 Å². The third-order valence-corrected chi connectivity index (χ3v) is 7.89. The lowest BCUT2D eigenvalue weighted by molar-refractivity contribution is -0.154. The topological polar surface area (TPSA) is 33.2 Å². The van der Waals surface area contributed by atoms with Gasteiger partial charge in [0.2, 0.25) is 5.91 Å². The van der Waals surface area contributed by atoms with Crippen LogP contribution in [0.2, 0.25) is 10.0 Å². The predicted molar refractivity (Wildman–Crippen MR) is 138 cm³/mol. The van der Waals surface area contributed by atoms with Crippen LogP contribution in [0.15, 0.2) is 55.3 Å². The van der Waals surface area contributed by atoms with Gasteiger partial charge in [0, 0.05) is 28.9 Å². The Morgan fingerprint density at radius 3 is 2.66 bits per heavy atom. The molecule has 1 aliphatic heterocycles. The first-order valence-electron chi connectivity index (χ1n) is 11.2. The number of pyridine rings is 1. The van der Waals surface area contributed by atoms with Gasteiger partial charge in [0.15, 0.2) is 0 Å². The van der Waals surface area contributed by atoms with Crippen LogP contribution in [-0.2, 0) is 4.79 Å². The van der Waals surface area contributed by atoms with Crippen molar-refractivity contribution >= 4 is 40.9 Å². The summed E-state index contributed by atoms with van der Waals surface area (Å²) >= 11 is 14.4. The van der Waals surface area contributed by atoms with Gasteiger partial charge in [0.1, 0.15) is 0 Å². The standard InChI is InChI=1S/C26H32Cl2N2OS/c1-5-13-26(4)15-22(18-9-8-10-19(27)14-18)24(23-12-11-20(28)16-29-23)30(25(26)31)21(6-2)17-32-7-3/h5,8-12,14,16,21-22,24H,1,6-7,13,15,17H2,2-4H3/t21?,22?,24-,26-/m0/s1. The molecular formula is C26H32Cl2N2OS. The summed E-state index contributed by atoms with van der Waals surface area (Å²) in [6.45, 7) is 10.3. The molecule has 0 aliphatic carbocycles. The SMILES string of the molecule is C=CC[C@@]1(C)CC(c2cccc(Cl)c2)[C@@H](c2ccc(Cl)cn2)N(C(CC)CSCC)C1=O. The van der Waals surface area contributed by atoms with E-state index in [1.165, 1.54) is 0 Å². The molecule has 2 unspecified atom stereocenters. The molecular weight excluding hydrogens is 459 g/mol. The number of carbonyl (C=O) groups is 1. The molecule has 0 bridgehead atoms. The second-order valence-corrected chi connectivity index (χ2v) is 10.9. The lowest BCUT2D eigenvalue weighted by Crippen LogP contribution is -2.56. The summed E-state index contributed by atoms with van der Waals surface area (Å²) in [7, 11) is 0. The highest BCUT2D eigenvalue weighted by atomic mass is 35.5. The first-order valence-corrected chi connectivity index (χ1v) is 13.1. The van der Waals surface area contributed by atoms with Crippen LogP contribution in [0.1, 0.15) is 63.3 Å². The summed E-state index contributed by atoms with van der Waals surface area (Å²) in [6.07, 6.45) is 5.77. The summed E-state index contributed by atoms with van der Waals surface area (Å²) in [5.74, 6) is 2.16. The highest BCUT2D eigenvalue weighted by Crippen LogP contribution is 2.52. The Hall–Kier alpha value is -1.49. The van der Waals surface area contributed by atoms with Crippen molar-refractivity contribution in [3.8, 4) is 0 Å². The zero-order valence-corrected chi connectivity index (χ0v) is 21.4. The molecule has 2 aromatic rings. The van der Waals surface area contributed by atoms with E-state index < -0.39 is 5.41 Å². The molecule has 4 atom stereocenters. The first-order chi connectivity index (χ1) is 15.3. The molecule has 0 spiro atoms. The van der Waals surface area contributed by atoms with Crippen molar-refractivity contribution in [1.82, 2.24) is 9.88 Å². The minimum atomic E-state index is -0.526. The van der Waals surface area contributed by atoms with Crippen LogP contribution < -0.4 is 0 Å². The number of carbonyl (C=O) groups excluding carboxylic acids is 1. The molecule has 1 aliphatic rings. The quantitative estimate of drug-likeness (QED) is 0.340. The lowest BCUT2D eigenvalue weighted by Gasteiger charge is -2.51. The fourth-order valence-corrected chi connectivity index (χ4v) is 6.01. The number of thioether (sulfide) groups is 1. The number of halogens is 2. The van der Waals surface area contributed by atoms with E-state index in [1.54, 1.807) is 6.20 Å². The molecule has 2 heterocycles. The van der Waals surface area contributed by atoms with E-state index >= 15 is 0 Å². The summed E-state index contributed by atoms with van der Waals surface area (Å²) in [5.41, 5.74) is 1.47. The lowest BCUT2D eigenvalue weighted by atomic mass is 9.67. The summed E-state index contributed by atoms with van der Waals surface area (Å²) < 4.78 is 0. The van der Waals surface area contributed by atoms with Crippen molar-refractivity contribution < 1.29 is 4.79 Å². The maximum atomic E-state index is 14.1. The molecule has 172 valence electrons. The normalized spacial score (nSPS) is 24.4. The molecule has 1 amide bonds. The smallest absolute Gasteiger partial charge is 0.229 e. The number of hydrogen-bond acceptors (Lipinski definition) is 3. The van der Waals surface area contributed by atoms with E-state index in [2.05, 4.69) is 43.3 Å². The van der Waals surface area contributed by atoms with Crippen LogP contribution in [0.3, 0.4) is 0 Å². The van der Waals surface area contributed by atoms with Crippen molar-refractivity contribution in [1.29, 1.82) is 0 Å². The molecule has 0 saturated carbocycles. The fourth-order valence-electron chi connectivity index (χ4n) is 4.80. The Labute approximate surface area is 206 Å². The second-order valence-electron chi connectivity index (χ2n) is 8.70. The van der Waals surface area contributed by atoms with Gasteiger partial charge in [-0.25, -0.2) is 0 Å². The number of nitrogens with zero attached hydrogens (tertiary/aromatic N) is 2. The number of likely N-dealkylation sites (tertiary alicyclic amines) is 1. The van der Waals surface area contributed by atoms with E-state index in [0.717, 1.165) is 29.2 Å². The number of benzene rings is 1. The van der Waals surface area contributed by atoms with Gasteiger partial charge in [-0.05, 0) is 54.8 Å². The van der Waals surface area contributed by atoms with Gasteiger partial charge in [0.05, 0.1) is 22.2 Å². The zero-order chi connectivity index (χ0) is 23.3. The van der Waals surface area contributed by atoms with Crippen LogP contribution >= 0.6 is 35.0 Å². The predicted octanol–water partition coefficient (Wildman–Crippen LogP) is 7.56. The largest absolute Gasteiger partial charge is 0.329 e. The van der Waals surface area contributed by atoms with Gasteiger partial charge in [-0.2, -0.15) is 11.8 Å². The van der Waals surface area contributed by atoms with Crippen LogP contribution in [0, 0.1) is 5.41 Å². The van der Waals surface area contributed by atoms with E-state index in [0.29, 0.717) is 22.9 Å². The Kier molecular flexibility index (Phi) is 8.71. The van der Waals surface area contributed by atoms with Gasteiger partial charge >= 0.3 is 0 Å². The fraction of sp³-hybridized carbons (Fsp3) is 0.462. The third-order valence-electron chi connectivity index (χ3n) is 6.41. The minimum absolute atomic E-state index is 0.0608. The van der Waals surface area contributed by atoms with Gasteiger partial charge in [0.25, 0.3) is 0 Å². The van der Waals surface area contributed by atoms with Crippen molar-refractivity contribution in [2.75, 3.05) is 11.5 Å². The average molecular weight is 492 g/mol. The molecule has 1 aromatic heterocycles. The summed E-state index contributed by atoms with van der Waals surface area (Å²) in [4.78, 5) is 20.9. The van der Waals surface area contributed by atoms with Gasteiger partial charge in [-0.3, -0.25) is 9.78 Å². The maximum absolute atomic E-state index is 14.1. The van der Waals surface area contributed by atoms with Crippen LogP contribution in [0.25, 0.3) is 0 Å². The summed E-state index contributed by atoms with van der Waals surface area (Å²) in [5, 5.41) is 1.29. The number of hydrogen-bond donors (Lipinski definition) is 0. The number of piperidine rings is 1. The highest BCUT2D eigenvalue weighted by Gasteiger charge is 2.51.